The number of aromatic nitrogens is 4. The Morgan fingerprint density at radius 1 is 1.04 bits per heavy atom. The molecule has 0 amide bonds. The maximum Gasteiger partial charge on any atom is 0.182 e. The number of hydrogen-bond donors (Lipinski definition) is 2. The van der Waals surface area contributed by atoms with E-state index in [-0.39, 0.29) is 6.04 Å². The molecule has 3 aromatic heterocycles. The summed E-state index contributed by atoms with van der Waals surface area (Å²) in [6.07, 6.45) is 2.65. The number of hydrogen-bond acceptors (Lipinski definition) is 6. The molecule has 0 saturated carbocycles. The first kappa shape index (κ1) is 17.0. The predicted molar refractivity (Wildman–Crippen MR) is 96.5 cm³/mol. The predicted octanol–water partition coefficient (Wildman–Crippen LogP) is 4.29. The molecule has 0 aliphatic rings. The molecule has 0 saturated heterocycles. The molecule has 128 valence electrons. The van der Waals surface area contributed by atoms with Crippen LogP contribution < -0.4 is 10.6 Å². The number of anilines is 3. The van der Waals surface area contributed by atoms with E-state index in [0.717, 1.165) is 6.20 Å². The molecule has 0 bridgehead atoms. The fraction of sp³-hybridized carbons (Fsp3) is 0.176. The molecule has 0 fully saturated rings. The molecule has 3 aromatic rings. The quantitative estimate of drug-likeness (QED) is 0.663. The van der Waals surface area contributed by atoms with Gasteiger partial charge in [-0.3, -0.25) is 4.98 Å². The third kappa shape index (κ3) is 4.60. The van der Waals surface area contributed by atoms with Crippen molar-refractivity contribution in [2.75, 3.05) is 10.6 Å². The van der Waals surface area contributed by atoms with Gasteiger partial charge >= 0.3 is 0 Å². The molecule has 0 aliphatic heterocycles. The van der Waals surface area contributed by atoms with Gasteiger partial charge in [-0.2, -0.15) is 0 Å². The summed E-state index contributed by atoms with van der Waals surface area (Å²) in [6.45, 7) is 4.01. The van der Waals surface area contributed by atoms with Gasteiger partial charge in [-0.05, 0) is 26.0 Å². The van der Waals surface area contributed by atoms with Gasteiger partial charge in [0.25, 0.3) is 0 Å². The number of halogens is 2. The Labute approximate surface area is 149 Å². The molecule has 25 heavy (non-hydrogen) atoms. The van der Waals surface area contributed by atoms with Crippen LogP contribution in [0.5, 0.6) is 0 Å². The van der Waals surface area contributed by atoms with Gasteiger partial charge < -0.3 is 10.6 Å². The minimum atomic E-state index is -0.434. The zero-order valence-electron chi connectivity index (χ0n) is 13.7. The van der Waals surface area contributed by atoms with Gasteiger partial charge in [0.2, 0.25) is 0 Å². The SMILES string of the molecule is CC(C)Nc1cc(Nc2cncc(F)c2)nc(-c2cccc(Cl)n2)n1. The Bertz CT molecular complexity index is 887. The summed E-state index contributed by atoms with van der Waals surface area (Å²) in [6, 6.07) is 8.48. The van der Waals surface area contributed by atoms with E-state index < -0.39 is 5.82 Å². The van der Waals surface area contributed by atoms with Gasteiger partial charge in [-0.25, -0.2) is 19.3 Å². The molecule has 3 heterocycles. The van der Waals surface area contributed by atoms with Crippen molar-refractivity contribution in [1.29, 1.82) is 0 Å². The van der Waals surface area contributed by atoms with Gasteiger partial charge in [0, 0.05) is 18.2 Å². The average Bonchev–Trinajstić information content (AvgIpc) is 2.54. The summed E-state index contributed by atoms with van der Waals surface area (Å²) in [5.41, 5.74) is 1.03. The van der Waals surface area contributed by atoms with Crippen molar-refractivity contribution >= 4 is 28.9 Å². The summed E-state index contributed by atoms with van der Waals surface area (Å²) in [4.78, 5) is 17.0. The first-order valence-electron chi connectivity index (χ1n) is 7.66. The normalized spacial score (nSPS) is 10.8. The second-order valence-corrected chi connectivity index (χ2v) is 6.01. The van der Waals surface area contributed by atoms with E-state index in [4.69, 9.17) is 11.6 Å². The van der Waals surface area contributed by atoms with Gasteiger partial charge in [-0.1, -0.05) is 17.7 Å². The third-order valence-electron chi connectivity index (χ3n) is 3.08. The Hall–Kier alpha value is -2.80. The Morgan fingerprint density at radius 3 is 2.56 bits per heavy atom. The summed E-state index contributed by atoms with van der Waals surface area (Å²) >= 11 is 5.96. The van der Waals surface area contributed by atoms with Crippen LogP contribution in [0.4, 0.5) is 21.7 Å². The van der Waals surface area contributed by atoms with Crippen molar-refractivity contribution in [2.45, 2.75) is 19.9 Å². The zero-order chi connectivity index (χ0) is 17.8. The first-order valence-corrected chi connectivity index (χ1v) is 8.03. The maximum absolute atomic E-state index is 13.3. The Morgan fingerprint density at radius 2 is 1.84 bits per heavy atom. The fourth-order valence-electron chi connectivity index (χ4n) is 2.16. The lowest BCUT2D eigenvalue weighted by Crippen LogP contribution is -2.12. The topological polar surface area (TPSA) is 75.6 Å². The highest BCUT2D eigenvalue weighted by molar-refractivity contribution is 6.29. The van der Waals surface area contributed by atoms with Crippen molar-refractivity contribution in [3.63, 3.8) is 0 Å². The average molecular weight is 359 g/mol. The maximum atomic E-state index is 13.3. The Kier molecular flexibility index (Phi) is 5.04. The molecule has 6 nitrogen and oxygen atoms in total. The first-order chi connectivity index (χ1) is 12.0. The van der Waals surface area contributed by atoms with E-state index in [9.17, 15) is 4.39 Å². The van der Waals surface area contributed by atoms with Crippen LogP contribution in [0.15, 0.2) is 42.7 Å². The molecule has 0 unspecified atom stereocenters. The molecule has 8 heteroatoms. The van der Waals surface area contributed by atoms with Crippen molar-refractivity contribution in [2.24, 2.45) is 0 Å². The van der Waals surface area contributed by atoms with Crippen molar-refractivity contribution in [3.05, 3.63) is 53.7 Å². The zero-order valence-corrected chi connectivity index (χ0v) is 14.4. The van der Waals surface area contributed by atoms with Crippen LogP contribution in [0, 0.1) is 5.82 Å². The summed E-state index contributed by atoms with van der Waals surface area (Å²) in [5, 5.41) is 6.61. The standard InChI is InChI=1S/C17H16ClFN6/c1-10(2)21-15-7-16(22-12-6-11(19)8-20-9-12)25-17(24-15)13-4-3-5-14(18)23-13/h3-10H,1-2H3,(H2,21,22,24,25). The summed E-state index contributed by atoms with van der Waals surface area (Å²) in [5.74, 6) is 1.08. The second-order valence-electron chi connectivity index (χ2n) is 5.62. The van der Waals surface area contributed by atoms with Crippen LogP contribution in [0.1, 0.15) is 13.8 Å². The third-order valence-corrected chi connectivity index (χ3v) is 3.29. The molecule has 0 aromatic carbocycles. The van der Waals surface area contributed by atoms with Gasteiger partial charge in [0.1, 0.15) is 28.3 Å². The van der Waals surface area contributed by atoms with Gasteiger partial charge in [-0.15, -0.1) is 0 Å². The molecule has 0 spiro atoms. The number of nitrogens with one attached hydrogen (secondary N) is 2. The van der Waals surface area contributed by atoms with Crippen LogP contribution in [0.3, 0.4) is 0 Å². The van der Waals surface area contributed by atoms with Crippen molar-refractivity contribution in [3.8, 4) is 11.5 Å². The molecular weight excluding hydrogens is 343 g/mol. The Balaban J connectivity index is 2.00. The molecule has 3 rings (SSSR count). The van der Waals surface area contributed by atoms with E-state index in [2.05, 4.69) is 30.6 Å². The highest BCUT2D eigenvalue weighted by atomic mass is 35.5. The van der Waals surface area contributed by atoms with Crippen LogP contribution in [0.2, 0.25) is 5.15 Å². The highest BCUT2D eigenvalue weighted by Gasteiger charge is 2.10. The minimum Gasteiger partial charge on any atom is -0.368 e. The van der Waals surface area contributed by atoms with Crippen LogP contribution in [-0.4, -0.2) is 26.0 Å². The second kappa shape index (κ2) is 7.40. The van der Waals surface area contributed by atoms with E-state index in [1.165, 1.54) is 12.3 Å². The summed E-state index contributed by atoms with van der Waals surface area (Å²) in [7, 11) is 0. The van der Waals surface area contributed by atoms with Crippen molar-refractivity contribution in [1.82, 2.24) is 19.9 Å². The van der Waals surface area contributed by atoms with E-state index in [0.29, 0.717) is 34.0 Å². The minimum absolute atomic E-state index is 0.179. The lowest BCUT2D eigenvalue weighted by atomic mass is 10.3. The molecular formula is C17H16ClFN6. The van der Waals surface area contributed by atoms with E-state index in [1.54, 1.807) is 24.3 Å². The van der Waals surface area contributed by atoms with Gasteiger partial charge in [0.05, 0.1) is 18.1 Å². The lowest BCUT2D eigenvalue weighted by molar-refractivity contribution is 0.622. The number of pyridine rings is 2. The molecule has 0 radical (unpaired) electrons. The fourth-order valence-corrected chi connectivity index (χ4v) is 2.32. The van der Waals surface area contributed by atoms with Crippen LogP contribution in [0.25, 0.3) is 11.5 Å². The van der Waals surface area contributed by atoms with E-state index in [1.807, 2.05) is 13.8 Å². The molecule has 0 atom stereocenters. The largest absolute Gasteiger partial charge is 0.368 e. The monoisotopic (exact) mass is 358 g/mol. The lowest BCUT2D eigenvalue weighted by Gasteiger charge is -2.13. The summed E-state index contributed by atoms with van der Waals surface area (Å²) < 4.78 is 13.3. The van der Waals surface area contributed by atoms with E-state index >= 15 is 0 Å². The van der Waals surface area contributed by atoms with Crippen molar-refractivity contribution < 1.29 is 4.39 Å². The number of rotatable bonds is 5. The van der Waals surface area contributed by atoms with Crippen LogP contribution in [-0.2, 0) is 0 Å². The smallest absolute Gasteiger partial charge is 0.182 e. The number of nitrogens with zero attached hydrogens (tertiary/aromatic N) is 4. The van der Waals surface area contributed by atoms with Gasteiger partial charge in [0.15, 0.2) is 5.82 Å². The molecule has 0 aliphatic carbocycles. The van der Waals surface area contributed by atoms with Crippen LogP contribution >= 0.6 is 11.6 Å². The highest BCUT2D eigenvalue weighted by Crippen LogP contribution is 2.23. The molecule has 2 N–H and O–H groups in total.